The molecule has 0 aromatic heterocycles. The topological polar surface area (TPSA) is 47.6 Å². The molecule has 0 saturated heterocycles. The summed E-state index contributed by atoms with van der Waals surface area (Å²) in [6.45, 7) is 1.96. The van der Waals surface area contributed by atoms with E-state index in [0.717, 1.165) is 16.3 Å². The van der Waals surface area contributed by atoms with Gasteiger partial charge in [0.15, 0.2) is 5.75 Å². The summed E-state index contributed by atoms with van der Waals surface area (Å²) in [6.07, 6.45) is 0. The van der Waals surface area contributed by atoms with Gasteiger partial charge in [0.05, 0.1) is 0 Å². The Morgan fingerprint density at radius 1 is 1.04 bits per heavy atom. The second kappa shape index (κ2) is 8.86. The molecule has 132 valence electrons. The van der Waals surface area contributed by atoms with Crippen LogP contribution >= 0.6 is 7.07 Å². The summed E-state index contributed by atoms with van der Waals surface area (Å²) in [4.78, 5) is 12.1. The third-order valence-electron chi connectivity index (χ3n) is 3.81. The monoisotopic (exact) mass is 384 g/mol. The van der Waals surface area contributed by atoms with Crippen molar-refractivity contribution in [3.8, 4) is 5.75 Å². The van der Waals surface area contributed by atoms with Crippen LogP contribution in [0.1, 0.15) is 12.5 Å². The lowest BCUT2D eigenvalue weighted by atomic mass is 10.1. The van der Waals surface area contributed by atoms with Crippen LogP contribution in [0.4, 0.5) is 0 Å². The number of esters is 1. The zero-order valence-corrected chi connectivity index (χ0v) is 16.0. The van der Waals surface area contributed by atoms with Crippen LogP contribution in [0.5, 0.6) is 5.75 Å². The number of fused-ring (bicyclic) bond motifs is 1. The molecule has 2 atom stereocenters. The van der Waals surface area contributed by atoms with Crippen molar-refractivity contribution in [1.82, 2.24) is 5.09 Å². The highest BCUT2D eigenvalue weighted by atomic mass is 32.4. The van der Waals surface area contributed by atoms with Gasteiger partial charge in [0.25, 0.3) is 0 Å². The zero-order chi connectivity index (χ0) is 18.4. The molecule has 0 aliphatic rings. The van der Waals surface area contributed by atoms with E-state index in [1.54, 1.807) is 6.92 Å². The maximum Gasteiger partial charge on any atom is 0.490 e. The summed E-state index contributed by atoms with van der Waals surface area (Å²) in [5, 5.41) is 5.09. The SMILES string of the molecule is C[C@H](N[P+](=S)Oc1cccc2ccccc12)C(=O)OCc1ccccc1. The van der Waals surface area contributed by atoms with Crippen LogP contribution in [0, 0.1) is 0 Å². The molecule has 0 aliphatic heterocycles. The van der Waals surface area contributed by atoms with E-state index >= 15 is 0 Å². The number of nitrogens with one attached hydrogen (secondary N) is 1. The van der Waals surface area contributed by atoms with Crippen molar-refractivity contribution in [1.29, 1.82) is 0 Å². The average Bonchev–Trinajstić information content (AvgIpc) is 2.67. The second-order valence-corrected chi connectivity index (χ2v) is 7.72. The maximum absolute atomic E-state index is 12.1. The third kappa shape index (κ3) is 4.85. The molecule has 3 rings (SSSR count). The molecule has 0 spiro atoms. The number of carbonyl (C=O) groups excluding carboxylic acids is 1. The van der Waals surface area contributed by atoms with E-state index in [2.05, 4.69) is 5.09 Å². The van der Waals surface area contributed by atoms with Gasteiger partial charge in [-0.25, -0.2) is 0 Å². The number of benzene rings is 3. The van der Waals surface area contributed by atoms with Crippen LogP contribution in [0.2, 0.25) is 0 Å². The minimum absolute atomic E-state index is 0.241. The molecule has 26 heavy (non-hydrogen) atoms. The van der Waals surface area contributed by atoms with Gasteiger partial charge in [-0.15, -0.1) is 0 Å². The predicted octanol–water partition coefficient (Wildman–Crippen LogP) is 4.71. The zero-order valence-electron chi connectivity index (χ0n) is 14.3. The number of hydrogen-bond donors (Lipinski definition) is 1. The lowest BCUT2D eigenvalue weighted by Crippen LogP contribution is -2.31. The van der Waals surface area contributed by atoms with Crippen LogP contribution in [-0.2, 0) is 27.9 Å². The first kappa shape index (κ1) is 18.5. The molecule has 0 aliphatic carbocycles. The molecule has 4 nitrogen and oxygen atoms in total. The highest BCUT2D eigenvalue weighted by Gasteiger charge is 2.25. The molecule has 0 bridgehead atoms. The Balaban J connectivity index is 1.56. The van der Waals surface area contributed by atoms with Crippen LogP contribution < -0.4 is 9.61 Å². The minimum atomic E-state index is -1.43. The van der Waals surface area contributed by atoms with Crippen LogP contribution in [0.3, 0.4) is 0 Å². The molecule has 0 saturated carbocycles. The fraction of sp³-hybridized carbons (Fsp3) is 0.150. The summed E-state index contributed by atoms with van der Waals surface area (Å²) in [5.74, 6) is 0.356. The predicted molar refractivity (Wildman–Crippen MR) is 108 cm³/mol. The van der Waals surface area contributed by atoms with E-state index in [9.17, 15) is 4.79 Å². The number of hydrogen-bond acceptors (Lipinski definition) is 4. The van der Waals surface area contributed by atoms with Gasteiger partial charge in [0.2, 0.25) is 11.8 Å². The van der Waals surface area contributed by atoms with Gasteiger partial charge in [-0.2, -0.15) is 0 Å². The summed E-state index contributed by atoms with van der Waals surface area (Å²) in [6, 6.07) is 22.8. The third-order valence-corrected chi connectivity index (χ3v) is 5.31. The molecule has 0 amide bonds. The largest absolute Gasteiger partial charge is 0.490 e. The summed E-state index contributed by atoms with van der Waals surface area (Å²) < 4.78 is 11.2. The standard InChI is InChI=1S/C20H19NO3PS/c1-15(20(22)23-14-16-8-3-2-4-9-16)21-25(26)24-19-13-7-11-17-10-5-6-12-18(17)19/h2-13,15H,14H2,1H3,(H,21,26)/q+1/t15-/m0/s1. The molecular formula is C20H19NO3PS+. The highest BCUT2D eigenvalue weighted by Crippen LogP contribution is 2.31. The van der Waals surface area contributed by atoms with Gasteiger partial charge >= 0.3 is 13.0 Å². The lowest BCUT2D eigenvalue weighted by molar-refractivity contribution is -0.146. The summed E-state index contributed by atoms with van der Waals surface area (Å²) in [7, 11) is -1.43. The van der Waals surface area contributed by atoms with Gasteiger partial charge in [0, 0.05) is 5.39 Å². The van der Waals surface area contributed by atoms with E-state index in [4.69, 9.17) is 21.1 Å². The molecule has 0 radical (unpaired) electrons. The van der Waals surface area contributed by atoms with Gasteiger partial charge < -0.3 is 4.74 Å². The summed E-state index contributed by atoms with van der Waals surface area (Å²) in [5.41, 5.74) is 0.945. The van der Waals surface area contributed by atoms with Gasteiger partial charge in [-0.1, -0.05) is 71.8 Å². The maximum atomic E-state index is 12.1. The van der Waals surface area contributed by atoms with Crippen LogP contribution in [-0.4, -0.2) is 12.0 Å². The lowest BCUT2D eigenvalue weighted by Gasteiger charge is -2.09. The van der Waals surface area contributed by atoms with Crippen LogP contribution in [0.25, 0.3) is 10.8 Å². The van der Waals surface area contributed by atoms with Crippen molar-refractivity contribution >= 4 is 35.6 Å². The van der Waals surface area contributed by atoms with E-state index < -0.39 is 13.1 Å². The van der Waals surface area contributed by atoms with Crippen molar-refractivity contribution in [3.63, 3.8) is 0 Å². The number of ether oxygens (including phenoxy) is 1. The number of rotatable bonds is 7. The Bertz CT molecular complexity index is 912. The molecular weight excluding hydrogens is 365 g/mol. The minimum Gasteiger partial charge on any atom is -0.460 e. The fourth-order valence-corrected chi connectivity index (χ4v) is 3.98. The van der Waals surface area contributed by atoms with Crippen molar-refractivity contribution in [2.75, 3.05) is 0 Å². The Morgan fingerprint density at radius 3 is 2.54 bits per heavy atom. The van der Waals surface area contributed by atoms with Crippen molar-refractivity contribution in [2.45, 2.75) is 19.6 Å². The Hall–Kier alpha value is -2.33. The summed E-state index contributed by atoms with van der Waals surface area (Å²) >= 11 is 5.38. The van der Waals surface area contributed by atoms with E-state index in [0.29, 0.717) is 5.75 Å². The average molecular weight is 384 g/mol. The molecule has 3 aromatic carbocycles. The van der Waals surface area contributed by atoms with Gasteiger partial charge in [0.1, 0.15) is 12.6 Å². The molecule has 0 fully saturated rings. The van der Waals surface area contributed by atoms with E-state index in [1.165, 1.54) is 0 Å². The normalized spacial score (nSPS) is 12.4. The van der Waals surface area contributed by atoms with Crippen molar-refractivity contribution in [3.05, 3.63) is 78.4 Å². The van der Waals surface area contributed by atoms with Crippen LogP contribution in [0.15, 0.2) is 72.8 Å². The van der Waals surface area contributed by atoms with Crippen molar-refractivity contribution < 1.29 is 14.1 Å². The van der Waals surface area contributed by atoms with Crippen molar-refractivity contribution in [2.24, 2.45) is 0 Å². The molecule has 3 aromatic rings. The molecule has 0 heterocycles. The highest BCUT2D eigenvalue weighted by molar-refractivity contribution is 8.02. The Kier molecular flexibility index (Phi) is 6.29. The Labute approximate surface area is 158 Å². The first-order chi connectivity index (χ1) is 12.6. The number of carbonyl (C=O) groups is 1. The first-order valence-corrected chi connectivity index (χ1v) is 10.5. The molecule has 1 N–H and O–H groups in total. The quantitative estimate of drug-likeness (QED) is 0.472. The molecule has 6 heteroatoms. The van der Waals surface area contributed by atoms with Gasteiger partial charge in [-0.3, -0.25) is 9.32 Å². The second-order valence-electron chi connectivity index (χ2n) is 5.77. The van der Waals surface area contributed by atoms with E-state index in [1.807, 2.05) is 72.8 Å². The van der Waals surface area contributed by atoms with Gasteiger partial charge in [-0.05, 0) is 23.9 Å². The fourth-order valence-electron chi connectivity index (χ4n) is 2.46. The van der Waals surface area contributed by atoms with E-state index in [-0.39, 0.29) is 12.6 Å². The first-order valence-electron chi connectivity index (χ1n) is 8.23. The molecule has 1 unspecified atom stereocenters. The Morgan fingerprint density at radius 2 is 1.73 bits per heavy atom. The smallest absolute Gasteiger partial charge is 0.460 e.